The molecule has 6 nitrogen and oxygen atoms in total. The molecule has 19 heavy (non-hydrogen) atoms. The molecule has 0 atom stereocenters. The Balaban J connectivity index is 2.08. The van der Waals surface area contributed by atoms with Crippen molar-refractivity contribution < 1.29 is 4.74 Å². The number of nitrogens with zero attached hydrogens (tertiary/aromatic N) is 3. The first-order chi connectivity index (χ1) is 9.13. The van der Waals surface area contributed by atoms with Gasteiger partial charge in [0.2, 0.25) is 0 Å². The maximum Gasteiger partial charge on any atom is 0.251 e. The fourth-order valence-electron chi connectivity index (χ4n) is 2.41. The molecule has 0 amide bonds. The van der Waals surface area contributed by atoms with Crippen molar-refractivity contribution in [1.82, 2.24) is 19.7 Å². The van der Waals surface area contributed by atoms with Gasteiger partial charge in [0.1, 0.15) is 11.4 Å². The number of aryl methyl sites for hydroxylation is 1. The summed E-state index contributed by atoms with van der Waals surface area (Å²) in [4.78, 5) is 19.2. The highest BCUT2D eigenvalue weighted by atomic mass is 16.5. The highest BCUT2D eigenvalue weighted by Gasteiger charge is 2.41. The molecule has 0 bridgehead atoms. The fraction of sp³-hybridized carbons (Fsp3) is 0.462. The zero-order chi connectivity index (χ0) is 13.5. The smallest absolute Gasteiger partial charge is 0.251 e. The number of aromatic nitrogens is 4. The number of methoxy groups -OCH3 is 1. The van der Waals surface area contributed by atoms with E-state index in [1.165, 1.54) is 6.07 Å². The van der Waals surface area contributed by atoms with Gasteiger partial charge in [0.15, 0.2) is 0 Å². The van der Waals surface area contributed by atoms with Crippen LogP contribution in [0.5, 0.6) is 0 Å². The lowest BCUT2D eigenvalue weighted by Crippen LogP contribution is -2.39. The minimum absolute atomic E-state index is 0.160. The average molecular weight is 260 g/mol. The summed E-state index contributed by atoms with van der Waals surface area (Å²) in [6, 6.07) is 1.49. The minimum atomic E-state index is -0.419. The fourth-order valence-corrected chi connectivity index (χ4v) is 2.41. The molecule has 2 aromatic heterocycles. The van der Waals surface area contributed by atoms with E-state index < -0.39 is 5.60 Å². The lowest BCUT2D eigenvalue weighted by Gasteiger charge is -2.39. The van der Waals surface area contributed by atoms with Gasteiger partial charge >= 0.3 is 0 Å². The van der Waals surface area contributed by atoms with Crippen LogP contribution in [-0.2, 0) is 17.4 Å². The lowest BCUT2D eigenvalue weighted by atomic mass is 9.79. The second-order valence-electron chi connectivity index (χ2n) is 4.93. The van der Waals surface area contributed by atoms with E-state index in [1.807, 2.05) is 13.2 Å². The maximum atomic E-state index is 11.8. The van der Waals surface area contributed by atoms with E-state index in [0.717, 1.165) is 24.8 Å². The molecule has 2 aromatic rings. The molecule has 0 radical (unpaired) electrons. The topological polar surface area (TPSA) is 72.8 Å². The largest absolute Gasteiger partial charge is 0.370 e. The predicted molar refractivity (Wildman–Crippen MR) is 69.6 cm³/mol. The Bertz CT molecular complexity index is 649. The number of rotatable bonds is 3. The number of H-pyrrole nitrogens is 1. The summed E-state index contributed by atoms with van der Waals surface area (Å²) in [5.74, 6) is 0.618. The van der Waals surface area contributed by atoms with Crippen LogP contribution in [0, 0.1) is 0 Å². The van der Waals surface area contributed by atoms with Crippen LogP contribution in [0.25, 0.3) is 11.3 Å². The predicted octanol–water partition coefficient (Wildman–Crippen LogP) is 1.20. The third kappa shape index (κ3) is 1.98. The van der Waals surface area contributed by atoms with Gasteiger partial charge in [-0.3, -0.25) is 9.48 Å². The van der Waals surface area contributed by atoms with Gasteiger partial charge in [-0.25, -0.2) is 4.98 Å². The van der Waals surface area contributed by atoms with E-state index in [9.17, 15) is 4.79 Å². The first-order valence-corrected chi connectivity index (χ1v) is 6.29. The Kier molecular flexibility index (Phi) is 2.74. The van der Waals surface area contributed by atoms with Gasteiger partial charge in [-0.2, -0.15) is 5.10 Å². The SMILES string of the molecule is COC1(c2nc(-c3cnn(C)c3)cc(=O)[nH]2)CCC1. The molecule has 1 aliphatic carbocycles. The number of nitrogens with one attached hydrogen (secondary N) is 1. The summed E-state index contributed by atoms with van der Waals surface area (Å²) in [7, 11) is 3.50. The van der Waals surface area contributed by atoms with Crippen molar-refractivity contribution in [2.45, 2.75) is 24.9 Å². The van der Waals surface area contributed by atoms with E-state index in [2.05, 4.69) is 15.1 Å². The Morgan fingerprint density at radius 2 is 2.26 bits per heavy atom. The molecule has 3 rings (SSSR count). The van der Waals surface area contributed by atoms with Crippen LogP contribution in [0.3, 0.4) is 0 Å². The molecule has 1 fully saturated rings. The summed E-state index contributed by atoms with van der Waals surface area (Å²) in [5, 5.41) is 4.10. The van der Waals surface area contributed by atoms with Crippen molar-refractivity contribution in [1.29, 1.82) is 0 Å². The molecule has 1 aliphatic rings. The van der Waals surface area contributed by atoms with Crippen molar-refractivity contribution in [3.63, 3.8) is 0 Å². The minimum Gasteiger partial charge on any atom is -0.370 e. The summed E-state index contributed by atoms with van der Waals surface area (Å²) in [6.45, 7) is 0. The van der Waals surface area contributed by atoms with Crippen LogP contribution in [0.15, 0.2) is 23.3 Å². The molecule has 0 saturated heterocycles. The second kappa shape index (κ2) is 4.31. The molecule has 6 heteroatoms. The number of ether oxygens (including phenoxy) is 1. The zero-order valence-corrected chi connectivity index (χ0v) is 11.0. The van der Waals surface area contributed by atoms with E-state index in [4.69, 9.17) is 4.74 Å². The van der Waals surface area contributed by atoms with Gasteiger partial charge in [0.05, 0.1) is 11.9 Å². The van der Waals surface area contributed by atoms with Crippen LogP contribution < -0.4 is 5.56 Å². The van der Waals surface area contributed by atoms with E-state index >= 15 is 0 Å². The number of hydrogen-bond acceptors (Lipinski definition) is 4. The summed E-state index contributed by atoms with van der Waals surface area (Å²) in [5.41, 5.74) is 0.889. The number of hydrogen-bond donors (Lipinski definition) is 1. The van der Waals surface area contributed by atoms with Crippen molar-refractivity contribution in [2.24, 2.45) is 7.05 Å². The summed E-state index contributed by atoms with van der Waals surface area (Å²) < 4.78 is 7.25. The molecule has 0 aliphatic heterocycles. The van der Waals surface area contributed by atoms with Gasteiger partial charge < -0.3 is 9.72 Å². The van der Waals surface area contributed by atoms with Gasteiger partial charge in [0, 0.05) is 32.0 Å². The van der Waals surface area contributed by atoms with E-state index in [0.29, 0.717) is 11.5 Å². The molecule has 2 heterocycles. The van der Waals surface area contributed by atoms with E-state index in [-0.39, 0.29) is 5.56 Å². The molecule has 0 spiro atoms. The summed E-state index contributed by atoms with van der Waals surface area (Å²) in [6.07, 6.45) is 6.41. The molecule has 1 saturated carbocycles. The van der Waals surface area contributed by atoms with Gasteiger partial charge in [-0.15, -0.1) is 0 Å². The number of aromatic amines is 1. The van der Waals surface area contributed by atoms with Gasteiger partial charge in [0.25, 0.3) is 5.56 Å². The molecule has 0 aromatic carbocycles. The third-order valence-electron chi connectivity index (χ3n) is 3.73. The molecular formula is C13H16N4O2. The van der Waals surface area contributed by atoms with Crippen LogP contribution in [0.1, 0.15) is 25.1 Å². The van der Waals surface area contributed by atoms with Crippen LogP contribution in [-0.4, -0.2) is 26.9 Å². The normalized spacial score (nSPS) is 17.2. The van der Waals surface area contributed by atoms with Gasteiger partial charge in [-0.1, -0.05) is 0 Å². The molecular weight excluding hydrogens is 244 g/mol. The zero-order valence-electron chi connectivity index (χ0n) is 11.0. The van der Waals surface area contributed by atoms with Crippen molar-refractivity contribution in [3.8, 4) is 11.3 Å². The Hall–Kier alpha value is -1.95. The lowest BCUT2D eigenvalue weighted by molar-refractivity contribution is -0.0847. The molecule has 0 unspecified atom stereocenters. The van der Waals surface area contributed by atoms with Crippen molar-refractivity contribution in [2.75, 3.05) is 7.11 Å². The van der Waals surface area contributed by atoms with Crippen molar-refractivity contribution in [3.05, 3.63) is 34.6 Å². The molecule has 100 valence electrons. The standard InChI is InChI=1S/C13H16N4O2/c1-17-8-9(7-14-17)10-6-11(18)16-12(15-10)13(19-2)4-3-5-13/h6-8H,3-5H2,1-2H3,(H,15,16,18). The quantitative estimate of drug-likeness (QED) is 0.900. The Morgan fingerprint density at radius 3 is 2.79 bits per heavy atom. The maximum absolute atomic E-state index is 11.8. The van der Waals surface area contributed by atoms with Crippen molar-refractivity contribution >= 4 is 0 Å². The van der Waals surface area contributed by atoms with Crippen LogP contribution >= 0.6 is 0 Å². The summed E-state index contributed by atoms with van der Waals surface area (Å²) >= 11 is 0. The monoisotopic (exact) mass is 260 g/mol. The average Bonchev–Trinajstić information content (AvgIpc) is 2.75. The molecule has 1 N–H and O–H groups in total. The Labute approximate surface area is 110 Å². The second-order valence-corrected chi connectivity index (χ2v) is 4.93. The first-order valence-electron chi connectivity index (χ1n) is 6.29. The Morgan fingerprint density at radius 1 is 1.47 bits per heavy atom. The highest BCUT2D eigenvalue weighted by Crippen LogP contribution is 2.42. The third-order valence-corrected chi connectivity index (χ3v) is 3.73. The van der Waals surface area contributed by atoms with Gasteiger partial charge in [-0.05, 0) is 19.3 Å². The van der Waals surface area contributed by atoms with Crippen LogP contribution in [0.2, 0.25) is 0 Å². The first kappa shape index (κ1) is 12.1. The van der Waals surface area contributed by atoms with Crippen LogP contribution in [0.4, 0.5) is 0 Å². The highest BCUT2D eigenvalue weighted by molar-refractivity contribution is 5.56. The van der Waals surface area contributed by atoms with E-state index in [1.54, 1.807) is 18.0 Å².